The molecule has 0 unspecified atom stereocenters. The summed E-state index contributed by atoms with van der Waals surface area (Å²) < 4.78 is 29.9. The van der Waals surface area contributed by atoms with Crippen molar-refractivity contribution in [3.63, 3.8) is 0 Å². The second-order valence-electron chi connectivity index (χ2n) is 8.72. The summed E-state index contributed by atoms with van der Waals surface area (Å²) in [5, 5.41) is 9.50. The van der Waals surface area contributed by atoms with Crippen LogP contribution in [0.2, 0.25) is 0 Å². The Balaban J connectivity index is 1.45. The Labute approximate surface area is 208 Å². The van der Waals surface area contributed by atoms with Crippen molar-refractivity contribution in [1.82, 2.24) is 9.55 Å². The van der Waals surface area contributed by atoms with E-state index < -0.39 is 11.6 Å². The molecule has 0 saturated heterocycles. The van der Waals surface area contributed by atoms with Crippen molar-refractivity contribution in [3.8, 4) is 28.1 Å². The Bertz CT molecular complexity index is 1520. The number of phenolic OH excluding ortho intramolecular Hbond substituents is 1. The average molecular weight is 479 g/mol. The van der Waals surface area contributed by atoms with E-state index in [1.165, 1.54) is 17.7 Å². The monoisotopic (exact) mass is 478 g/mol. The Kier molecular flexibility index (Phi) is 6.46. The summed E-state index contributed by atoms with van der Waals surface area (Å²) in [7, 11) is 0. The molecular weight excluding hydrogens is 454 g/mol. The number of aromatic hydroxyl groups is 1. The summed E-state index contributed by atoms with van der Waals surface area (Å²) in [4.78, 5) is 4.66. The molecule has 0 spiro atoms. The highest BCUT2D eigenvalue weighted by Gasteiger charge is 2.13. The summed E-state index contributed by atoms with van der Waals surface area (Å²) in [5.74, 6) is -0.363. The van der Waals surface area contributed by atoms with Gasteiger partial charge in [0.15, 0.2) is 0 Å². The first kappa shape index (κ1) is 23.2. The first-order valence-electron chi connectivity index (χ1n) is 11.6. The Morgan fingerprint density at radius 1 is 0.806 bits per heavy atom. The molecule has 5 aromatic rings. The molecule has 0 aliphatic rings. The van der Waals surface area contributed by atoms with Gasteiger partial charge in [-0.2, -0.15) is 0 Å². The van der Waals surface area contributed by atoms with Gasteiger partial charge in [-0.1, -0.05) is 72.3 Å². The molecule has 1 N–H and O–H groups in total. The van der Waals surface area contributed by atoms with Gasteiger partial charge >= 0.3 is 0 Å². The van der Waals surface area contributed by atoms with Crippen molar-refractivity contribution in [1.29, 1.82) is 0 Å². The lowest BCUT2D eigenvalue weighted by Gasteiger charge is -2.06. The largest absolute Gasteiger partial charge is 0.508 e. The summed E-state index contributed by atoms with van der Waals surface area (Å²) in [5.41, 5.74) is 6.02. The van der Waals surface area contributed by atoms with Crippen molar-refractivity contribution >= 4 is 12.2 Å². The van der Waals surface area contributed by atoms with Gasteiger partial charge in [-0.3, -0.25) is 0 Å². The Hall–Kier alpha value is -4.51. The summed E-state index contributed by atoms with van der Waals surface area (Å²) in [6.07, 6.45) is 5.65. The van der Waals surface area contributed by atoms with E-state index in [1.54, 1.807) is 18.3 Å². The van der Waals surface area contributed by atoms with Crippen LogP contribution in [0.4, 0.5) is 8.78 Å². The van der Waals surface area contributed by atoms with Crippen LogP contribution in [0.1, 0.15) is 22.5 Å². The Morgan fingerprint density at radius 2 is 1.47 bits per heavy atom. The van der Waals surface area contributed by atoms with Crippen LogP contribution in [0.15, 0.2) is 97.2 Å². The minimum absolute atomic E-state index is 0.235. The lowest BCUT2D eigenvalue weighted by Crippen LogP contribution is -2.00. The van der Waals surface area contributed by atoms with Crippen LogP contribution in [0.25, 0.3) is 34.5 Å². The standard InChI is InChI=1S/C31H24F2N2O/c1-21-2-4-23(5-3-21)19-35-20-30(28-16-13-26(32)18-29(28)33)34-31(35)17-8-22-6-9-24(10-7-22)25-11-14-27(36)15-12-25/h2-18,20,36H,19H2,1H3/b17-8+. The van der Waals surface area contributed by atoms with E-state index in [1.807, 2.05) is 60.0 Å². The second kappa shape index (κ2) is 10.0. The number of hydrogen-bond donors (Lipinski definition) is 1. The van der Waals surface area contributed by atoms with Gasteiger partial charge in [0.05, 0.1) is 5.69 Å². The molecule has 0 aliphatic carbocycles. The van der Waals surface area contributed by atoms with Crippen molar-refractivity contribution in [2.24, 2.45) is 0 Å². The molecule has 0 amide bonds. The zero-order chi connectivity index (χ0) is 25.1. The molecular formula is C31H24F2N2O. The fourth-order valence-electron chi connectivity index (χ4n) is 4.02. The third-order valence-electron chi connectivity index (χ3n) is 6.02. The summed E-state index contributed by atoms with van der Waals surface area (Å²) >= 11 is 0. The van der Waals surface area contributed by atoms with Crippen molar-refractivity contribution in [2.75, 3.05) is 0 Å². The molecule has 1 aromatic heterocycles. The van der Waals surface area contributed by atoms with Crippen LogP contribution in [-0.2, 0) is 6.54 Å². The average Bonchev–Trinajstić information content (AvgIpc) is 3.27. The summed E-state index contributed by atoms with van der Waals surface area (Å²) in [6.45, 7) is 2.60. The topological polar surface area (TPSA) is 38.0 Å². The van der Waals surface area contributed by atoms with Gasteiger partial charge in [-0.05, 0) is 59.5 Å². The molecule has 5 rings (SSSR count). The van der Waals surface area contributed by atoms with E-state index in [0.29, 0.717) is 18.1 Å². The Morgan fingerprint density at radius 3 is 2.14 bits per heavy atom. The zero-order valence-corrected chi connectivity index (χ0v) is 19.7. The molecule has 0 radical (unpaired) electrons. The number of halogens is 2. The number of aromatic nitrogens is 2. The third-order valence-corrected chi connectivity index (χ3v) is 6.02. The van der Waals surface area contributed by atoms with Crippen LogP contribution < -0.4 is 0 Å². The molecule has 4 aromatic carbocycles. The van der Waals surface area contributed by atoms with Crippen LogP contribution in [0.3, 0.4) is 0 Å². The molecule has 0 aliphatic heterocycles. The molecule has 5 heteroatoms. The van der Waals surface area contributed by atoms with Gasteiger partial charge in [0.2, 0.25) is 0 Å². The number of aryl methyl sites for hydroxylation is 1. The number of rotatable bonds is 6. The van der Waals surface area contributed by atoms with Crippen LogP contribution >= 0.6 is 0 Å². The highest BCUT2D eigenvalue weighted by molar-refractivity contribution is 5.72. The second-order valence-corrected chi connectivity index (χ2v) is 8.72. The molecule has 0 bridgehead atoms. The minimum atomic E-state index is -0.643. The van der Waals surface area contributed by atoms with Crippen LogP contribution in [0.5, 0.6) is 5.75 Å². The molecule has 1 heterocycles. The van der Waals surface area contributed by atoms with Gasteiger partial charge < -0.3 is 9.67 Å². The normalized spacial score (nSPS) is 11.3. The van der Waals surface area contributed by atoms with Crippen LogP contribution in [0, 0.1) is 18.6 Å². The van der Waals surface area contributed by atoms with Crippen molar-refractivity contribution in [2.45, 2.75) is 13.5 Å². The van der Waals surface area contributed by atoms with E-state index >= 15 is 0 Å². The maximum absolute atomic E-state index is 14.5. The molecule has 178 valence electrons. The highest BCUT2D eigenvalue weighted by atomic mass is 19.1. The maximum Gasteiger partial charge on any atom is 0.135 e. The first-order chi connectivity index (χ1) is 17.4. The van der Waals surface area contributed by atoms with E-state index in [4.69, 9.17) is 0 Å². The zero-order valence-electron chi connectivity index (χ0n) is 19.7. The number of nitrogens with zero attached hydrogens (tertiary/aromatic N) is 2. The van der Waals surface area contributed by atoms with Crippen molar-refractivity contribution in [3.05, 3.63) is 131 Å². The smallest absolute Gasteiger partial charge is 0.135 e. The molecule has 36 heavy (non-hydrogen) atoms. The fourth-order valence-corrected chi connectivity index (χ4v) is 4.02. The van der Waals surface area contributed by atoms with Crippen molar-refractivity contribution < 1.29 is 13.9 Å². The predicted octanol–water partition coefficient (Wildman–Crippen LogP) is 7.73. The number of benzene rings is 4. The number of hydrogen-bond acceptors (Lipinski definition) is 2. The maximum atomic E-state index is 14.5. The van der Waals surface area contributed by atoms with Gasteiger partial charge in [0.25, 0.3) is 0 Å². The molecule has 0 saturated carbocycles. The van der Waals surface area contributed by atoms with Gasteiger partial charge in [-0.25, -0.2) is 13.8 Å². The molecule has 3 nitrogen and oxygen atoms in total. The van der Waals surface area contributed by atoms with Crippen LogP contribution in [-0.4, -0.2) is 14.7 Å². The highest BCUT2D eigenvalue weighted by Crippen LogP contribution is 2.26. The summed E-state index contributed by atoms with van der Waals surface area (Å²) in [6, 6.07) is 26.9. The molecule has 0 fully saturated rings. The number of phenols is 1. The third kappa shape index (κ3) is 5.26. The van der Waals surface area contributed by atoms with E-state index in [2.05, 4.69) is 29.2 Å². The minimum Gasteiger partial charge on any atom is -0.508 e. The van der Waals surface area contributed by atoms with Gasteiger partial charge in [0, 0.05) is 24.4 Å². The molecule has 0 atom stereocenters. The van der Waals surface area contributed by atoms with E-state index in [9.17, 15) is 13.9 Å². The SMILES string of the molecule is Cc1ccc(Cn2cc(-c3ccc(F)cc3F)nc2/C=C/c2ccc(-c3ccc(O)cc3)cc2)cc1. The lowest BCUT2D eigenvalue weighted by molar-refractivity contribution is 0.475. The quantitative estimate of drug-likeness (QED) is 0.271. The van der Waals surface area contributed by atoms with E-state index in [0.717, 1.165) is 28.3 Å². The van der Waals surface area contributed by atoms with Gasteiger partial charge in [-0.15, -0.1) is 0 Å². The lowest BCUT2D eigenvalue weighted by atomic mass is 10.0. The first-order valence-corrected chi connectivity index (χ1v) is 11.6. The van der Waals surface area contributed by atoms with Gasteiger partial charge in [0.1, 0.15) is 23.2 Å². The fraction of sp³-hybridized carbons (Fsp3) is 0.0645. The predicted molar refractivity (Wildman–Crippen MR) is 140 cm³/mol. The number of imidazole rings is 1. The van der Waals surface area contributed by atoms with E-state index in [-0.39, 0.29) is 11.3 Å².